The molecule has 3 heterocycles. The number of β-lactam (4-membered cyclic amide) rings is 1. The van der Waals surface area contributed by atoms with Crippen LogP contribution in [0.25, 0.3) is 0 Å². The fraction of sp³-hybridized carbons (Fsp3) is 0.478. The Balaban J connectivity index is 1.63. The van der Waals surface area contributed by atoms with Crippen LogP contribution in [0.3, 0.4) is 0 Å². The van der Waals surface area contributed by atoms with Gasteiger partial charge in [-0.3, -0.25) is 29.0 Å². The molecule has 3 atom stereocenters. The summed E-state index contributed by atoms with van der Waals surface area (Å²) in [6.07, 6.45) is 0.164. The van der Waals surface area contributed by atoms with Gasteiger partial charge in [-0.15, -0.1) is 11.8 Å². The molecule has 12 nitrogen and oxygen atoms in total. The highest BCUT2D eigenvalue weighted by Gasteiger charge is 2.70. The maximum absolute atomic E-state index is 13.6. The van der Waals surface area contributed by atoms with Crippen molar-refractivity contribution in [1.29, 1.82) is 0 Å². The number of benzene rings is 1. The Morgan fingerprint density at radius 1 is 1.11 bits per heavy atom. The second kappa shape index (κ2) is 9.12. The lowest BCUT2D eigenvalue weighted by Crippen LogP contribution is -2.75. The van der Waals surface area contributed by atoms with E-state index in [1.165, 1.54) is 16.7 Å². The number of imide groups is 1. The molecule has 3 aliphatic heterocycles. The third kappa shape index (κ3) is 3.87. The number of likely N-dealkylation sites (N-methyl/N-ethyl adjacent to an activating group) is 1. The molecular formula is C23H27N5O7S. The minimum Gasteiger partial charge on any atom is -0.478 e. The summed E-state index contributed by atoms with van der Waals surface area (Å²) in [5, 5.41) is 14.9. The quantitative estimate of drug-likeness (QED) is 0.355. The molecule has 0 bridgehead atoms. The van der Waals surface area contributed by atoms with Crippen LogP contribution in [0.5, 0.6) is 0 Å². The number of carboxylic acids is 1. The predicted octanol–water partition coefficient (Wildman–Crippen LogP) is 0.109. The van der Waals surface area contributed by atoms with Gasteiger partial charge in [0.15, 0.2) is 0 Å². The highest BCUT2D eigenvalue weighted by molar-refractivity contribution is 8.01. The molecule has 0 aromatic heterocycles. The number of urea groups is 1. The van der Waals surface area contributed by atoms with Gasteiger partial charge in [-0.1, -0.05) is 30.3 Å². The molecule has 192 valence electrons. The highest BCUT2D eigenvalue weighted by atomic mass is 32.2. The molecular weight excluding hydrogens is 490 g/mol. The first kappa shape index (κ1) is 25.5. The largest absolute Gasteiger partial charge is 0.478 e. The van der Waals surface area contributed by atoms with Gasteiger partial charge >= 0.3 is 23.8 Å². The van der Waals surface area contributed by atoms with Crippen molar-refractivity contribution in [2.75, 3.05) is 19.6 Å². The zero-order valence-electron chi connectivity index (χ0n) is 20.0. The second-order valence-electron chi connectivity index (χ2n) is 9.19. The lowest BCUT2D eigenvalue weighted by Gasteiger charge is -2.46. The van der Waals surface area contributed by atoms with E-state index >= 15 is 0 Å². The Kier molecular flexibility index (Phi) is 6.45. The number of thioether (sulfide) groups is 1. The zero-order valence-corrected chi connectivity index (χ0v) is 20.8. The number of fused-ring (bicyclic) bond motifs is 1. The number of piperazine rings is 1. The summed E-state index contributed by atoms with van der Waals surface area (Å²) in [5.41, 5.74) is -1.73. The molecule has 3 aliphatic rings. The number of rotatable bonds is 6. The van der Waals surface area contributed by atoms with Crippen LogP contribution in [0.15, 0.2) is 30.3 Å². The number of nitrogens with one attached hydrogen (secondary N) is 2. The Morgan fingerprint density at radius 2 is 1.78 bits per heavy atom. The first-order valence-corrected chi connectivity index (χ1v) is 12.3. The molecule has 0 radical (unpaired) electrons. The topological polar surface area (TPSA) is 156 Å². The van der Waals surface area contributed by atoms with E-state index in [1.54, 1.807) is 51.1 Å². The van der Waals surface area contributed by atoms with E-state index in [1.807, 2.05) is 0 Å². The van der Waals surface area contributed by atoms with Crippen LogP contribution in [0.4, 0.5) is 4.79 Å². The average molecular weight is 518 g/mol. The van der Waals surface area contributed by atoms with Gasteiger partial charge in [-0.25, -0.2) is 9.59 Å². The van der Waals surface area contributed by atoms with Crippen molar-refractivity contribution in [3.8, 4) is 0 Å². The van der Waals surface area contributed by atoms with E-state index < -0.39 is 57.5 Å². The maximum Gasteiger partial charge on any atom is 0.352 e. The van der Waals surface area contributed by atoms with Crippen molar-refractivity contribution >= 4 is 47.4 Å². The second-order valence-corrected chi connectivity index (χ2v) is 11.0. The Bertz CT molecular complexity index is 1140. The van der Waals surface area contributed by atoms with Crippen molar-refractivity contribution in [1.82, 2.24) is 25.3 Å². The molecule has 0 aliphatic carbocycles. The standard InChI is InChI=1S/C23H27N5O7S/c1-4-26-10-11-27(19(32)18(26)31)21(35)24-16(13-8-6-5-7-9-13)17(30)25-23(20(33)34)22(2,3)36-15-12-14(29)28(15)23/h5-9,15-16H,4,10-12H2,1-3H3,(H,24,35)(H,25,30)(H,33,34)/t15-,16?,23+/m1/s1. The summed E-state index contributed by atoms with van der Waals surface area (Å²) >= 11 is 1.27. The van der Waals surface area contributed by atoms with Crippen molar-refractivity contribution in [3.05, 3.63) is 35.9 Å². The van der Waals surface area contributed by atoms with Gasteiger partial charge in [0.1, 0.15) is 6.04 Å². The third-order valence-electron chi connectivity index (χ3n) is 6.78. The molecule has 1 aromatic carbocycles. The van der Waals surface area contributed by atoms with Crippen LogP contribution < -0.4 is 10.6 Å². The van der Waals surface area contributed by atoms with Crippen molar-refractivity contribution < 1.29 is 33.9 Å². The van der Waals surface area contributed by atoms with E-state index in [9.17, 15) is 33.9 Å². The first-order chi connectivity index (χ1) is 16.9. The van der Waals surface area contributed by atoms with Crippen molar-refractivity contribution in [2.45, 2.75) is 49.0 Å². The number of carboxylic acid groups (broad SMARTS) is 1. The summed E-state index contributed by atoms with van der Waals surface area (Å²) in [6.45, 7) is 5.39. The van der Waals surface area contributed by atoms with Crippen molar-refractivity contribution in [3.63, 3.8) is 0 Å². The van der Waals surface area contributed by atoms with Gasteiger partial charge in [-0.05, 0) is 26.3 Å². The Hall–Kier alpha value is -3.61. The number of hydrogen-bond acceptors (Lipinski definition) is 7. The summed E-state index contributed by atoms with van der Waals surface area (Å²) in [5.74, 6) is -4.52. The Labute approximate surface area is 211 Å². The van der Waals surface area contributed by atoms with Gasteiger partial charge < -0.3 is 20.6 Å². The molecule has 3 saturated heterocycles. The molecule has 0 saturated carbocycles. The van der Waals surface area contributed by atoms with Gasteiger partial charge in [-0.2, -0.15) is 0 Å². The number of amides is 6. The molecule has 36 heavy (non-hydrogen) atoms. The lowest BCUT2D eigenvalue weighted by molar-refractivity contribution is -0.173. The zero-order chi connectivity index (χ0) is 26.4. The lowest BCUT2D eigenvalue weighted by atomic mass is 9.89. The smallest absolute Gasteiger partial charge is 0.352 e. The minimum atomic E-state index is -2.05. The number of carbonyl (C=O) groups excluding carboxylic acids is 5. The maximum atomic E-state index is 13.6. The summed E-state index contributed by atoms with van der Waals surface area (Å²) in [6, 6.07) is 5.72. The van der Waals surface area contributed by atoms with Gasteiger partial charge in [0.2, 0.25) is 17.5 Å². The van der Waals surface area contributed by atoms with Crippen LogP contribution in [0, 0.1) is 0 Å². The minimum absolute atomic E-state index is 0.0555. The molecule has 1 unspecified atom stereocenters. The molecule has 0 spiro atoms. The van der Waals surface area contributed by atoms with Crippen molar-refractivity contribution in [2.24, 2.45) is 0 Å². The van der Waals surface area contributed by atoms with Crippen LogP contribution in [0.1, 0.15) is 38.8 Å². The number of hydrogen-bond donors (Lipinski definition) is 3. The molecule has 13 heteroatoms. The number of nitrogens with zero attached hydrogens (tertiary/aromatic N) is 3. The normalized spacial score (nSPS) is 25.7. The highest BCUT2D eigenvalue weighted by Crippen LogP contribution is 2.55. The van der Waals surface area contributed by atoms with Crippen LogP contribution in [-0.2, 0) is 24.0 Å². The molecule has 1 aromatic rings. The van der Waals surface area contributed by atoms with Crippen LogP contribution in [0.2, 0.25) is 0 Å². The molecule has 4 rings (SSSR count). The van der Waals surface area contributed by atoms with Gasteiger partial charge in [0.25, 0.3) is 0 Å². The first-order valence-electron chi connectivity index (χ1n) is 11.5. The molecule has 3 N–H and O–H groups in total. The van der Waals surface area contributed by atoms with Gasteiger partial charge in [0, 0.05) is 19.6 Å². The monoisotopic (exact) mass is 517 g/mol. The summed E-state index contributed by atoms with van der Waals surface area (Å²) in [7, 11) is 0. The molecule has 3 fully saturated rings. The summed E-state index contributed by atoms with van der Waals surface area (Å²) < 4.78 is -1.09. The van der Waals surface area contributed by atoms with E-state index in [2.05, 4.69) is 10.6 Å². The fourth-order valence-electron chi connectivity index (χ4n) is 4.79. The summed E-state index contributed by atoms with van der Waals surface area (Å²) in [4.78, 5) is 79.6. The average Bonchev–Trinajstić information content (AvgIpc) is 3.01. The number of aliphatic carboxylic acids is 1. The third-order valence-corrected chi connectivity index (χ3v) is 8.32. The predicted molar refractivity (Wildman–Crippen MR) is 127 cm³/mol. The van der Waals surface area contributed by atoms with E-state index in [4.69, 9.17) is 0 Å². The van der Waals surface area contributed by atoms with Gasteiger partial charge in [0.05, 0.1) is 16.5 Å². The SMILES string of the molecule is CCN1CCN(C(=O)NC(C(=O)N[C@@]2(C(=O)O)N3C(=O)C[C@H]3SC2(C)C)c2ccccc2)C(=O)C1=O. The van der Waals surface area contributed by atoms with Crippen LogP contribution >= 0.6 is 11.8 Å². The van der Waals surface area contributed by atoms with Crippen LogP contribution in [-0.4, -0.2) is 90.9 Å². The Morgan fingerprint density at radius 3 is 2.36 bits per heavy atom. The fourth-order valence-corrected chi connectivity index (χ4v) is 6.49. The van der Waals surface area contributed by atoms with E-state index in [0.717, 1.165) is 9.80 Å². The number of carbonyl (C=O) groups is 6. The molecule has 6 amide bonds. The van der Waals surface area contributed by atoms with E-state index in [0.29, 0.717) is 12.1 Å². The van der Waals surface area contributed by atoms with E-state index in [-0.39, 0.29) is 19.5 Å².